The number of nitrogens with one attached hydrogen (secondary N) is 1. The lowest BCUT2D eigenvalue weighted by Crippen LogP contribution is -2.45. The molecule has 6 N–H and O–H groups in total. The van der Waals surface area contributed by atoms with Crippen molar-refractivity contribution in [2.45, 2.75) is 45.3 Å². The van der Waals surface area contributed by atoms with E-state index in [1.54, 1.807) is 13.8 Å². The lowest BCUT2D eigenvalue weighted by Gasteiger charge is -2.27. The van der Waals surface area contributed by atoms with Crippen LogP contribution in [0.25, 0.3) is 0 Å². The summed E-state index contributed by atoms with van der Waals surface area (Å²) in [7, 11) is 0. The Morgan fingerprint density at radius 1 is 1.32 bits per heavy atom. The average molecular weight is 276 g/mol. The Balaban J connectivity index is 3.84. The number of rotatable bonds is 9. The molecule has 0 bridgehead atoms. The van der Waals surface area contributed by atoms with E-state index in [-0.39, 0.29) is 6.61 Å². The van der Waals surface area contributed by atoms with Gasteiger partial charge in [-0.25, -0.2) is 0 Å². The first-order chi connectivity index (χ1) is 8.72. The molecule has 0 aliphatic heterocycles. The van der Waals surface area contributed by atoms with Crippen molar-refractivity contribution in [1.29, 1.82) is 0 Å². The van der Waals surface area contributed by atoms with Crippen LogP contribution in [0.1, 0.15) is 33.1 Å². The highest BCUT2D eigenvalue weighted by molar-refractivity contribution is 5.81. The number of aliphatic hydroxyl groups is 2. The van der Waals surface area contributed by atoms with Gasteiger partial charge in [-0.15, -0.1) is 0 Å². The summed E-state index contributed by atoms with van der Waals surface area (Å²) >= 11 is 0. The molecule has 112 valence electrons. The highest BCUT2D eigenvalue weighted by Crippen LogP contribution is 2.19. The fourth-order valence-corrected chi connectivity index (χ4v) is 1.36. The van der Waals surface area contributed by atoms with Crippen LogP contribution in [-0.4, -0.2) is 52.5 Å². The first-order valence-corrected chi connectivity index (χ1v) is 6.27. The van der Waals surface area contributed by atoms with Crippen LogP contribution >= 0.6 is 0 Å². The second kappa shape index (κ2) is 8.08. The Morgan fingerprint density at radius 2 is 1.89 bits per heavy atom. The molecule has 1 amide bonds. The first kappa shape index (κ1) is 17.8. The number of carboxylic acid groups (broad SMARTS) is 1. The SMILES string of the molecule is CC(C)(CO)[C@H](O)C(=O)NCCCC[C@H](N)C(=O)O. The minimum absolute atomic E-state index is 0.297. The monoisotopic (exact) mass is 276 g/mol. The van der Waals surface area contributed by atoms with Gasteiger partial charge in [-0.1, -0.05) is 13.8 Å². The zero-order valence-electron chi connectivity index (χ0n) is 11.4. The normalized spacial score (nSPS) is 14.8. The molecule has 0 fully saturated rings. The van der Waals surface area contributed by atoms with Gasteiger partial charge < -0.3 is 26.4 Å². The maximum absolute atomic E-state index is 11.6. The molecule has 0 aliphatic carbocycles. The number of aliphatic carboxylic acids is 1. The summed E-state index contributed by atoms with van der Waals surface area (Å²) in [5.41, 5.74) is 4.43. The molecule has 0 unspecified atom stereocenters. The third-order valence-corrected chi connectivity index (χ3v) is 2.95. The van der Waals surface area contributed by atoms with Crippen LogP contribution in [0.5, 0.6) is 0 Å². The van der Waals surface area contributed by atoms with Gasteiger partial charge in [0.1, 0.15) is 12.1 Å². The fourth-order valence-electron chi connectivity index (χ4n) is 1.36. The molecular formula is C12H24N2O5. The molecule has 19 heavy (non-hydrogen) atoms. The van der Waals surface area contributed by atoms with E-state index < -0.39 is 29.4 Å². The molecule has 0 aromatic heterocycles. The maximum atomic E-state index is 11.6. The molecule has 0 aromatic rings. The van der Waals surface area contributed by atoms with E-state index in [1.165, 1.54) is 0 Å². The molecular weight excluding hydrogens is 252 g/mol. The number of nitrogens with two attached hydrogens (primary N) is 1. The van der Waals surface area contributed by atoms with E-state index >= 15 is 0 Å². The van der Waals surface area contributed by atoms with Crippen molar-refractivity contribution in [3.63, 3.8) is 0 Å². The van der Waals surface area contributed by atoms with Gasteiger partial charge in [-0.05, 0) is 19.3 Å². The number of carboxylic acids is 1. The lowest BCUT2D eigenvalue weighted by molar-refractivity contribution is -0.139. The third-order valence-electron chi connectivity index (χ3n) is 2.95. The van der Waals surface area contributed by atoms with Crippen molar-refractivity contribution in [2.75, 3.05) is 13.2 Å². The molecule has 0 radical (unpaired) electrons. The summed E-state index contributed by atoms with van der Waals surface area (Å²) in [5.74, 6) is -1.58. The van der Waals surface area contributed by atoms with Crippen LogP contribution in [0.15, 0.2) is 0 Å². The molecule has 0 aromatic carbocycles. The van der Waals surface area contributed by atoms with E-state index in [2.05, 4.69) is 5.32 Å². The van der Waals surface area contributed by atoms with Gasteiger partial charge in [-0.3, -0.25) is 9.59 Å². The molecule has 0 spiro atoms. The fraction of sp³-hybridized carbons (Fsp3) is 0.833. The summed E-state index contributed by atoms with van der Waals surface area (Å²) in [5, 5.41) is 29.8. The third kappa shape index (κ3) is 6.51. The van der Waals surface area contributed by atoms with Gasteiger partial charge in [-0.2, -0.15) is 0 Å². The molecule has 0 rings (SSSR count). The lowest BCUT2D eigenvalue weighted by atomic mass is 9.87. The number of amides is 1. The molecule has 7 nitrogen and oxygen atoms in total. The van der Waals surface area contributed by atoms with Crippen LogP contribution in [0.3, 0.4) is 0 Å². The number of hydrogen-bond donors (Lipinski definition) is 5. The number of aliphatic hydroxyl groups excluding tert-OH is 2. The first-order valence-electron chi connectivity index (χ1n) is 6.27. The summed E-state index contributed by atoms with van der Waals surface area (Å²) in [6, 6.07) is -0.880. The van der Waals surface area contributed by atoms with Crippen LogP contribution in [-0.2, 0) is 9.59 Å². The van der Waals surface area contributed by atoms with Gasteiger partial charge >= 0.3 is 5.97 Å². The van der Waals surface area contributed by atoms with E-state index in [0.717, 1.165) is 0 Å². The predicted molar refractivity (Wildman–Crippen MR) is 69.3 cm³/mol. The number of hydrogen-bond acceptors (Lipinski definition) is 5. The number of carbonyl (C=O) groups is 2. The Morgan fingerprint density at radius 3 is 2.37 bits per heavy atom. The number of carbonyl (C=O) groups excluding carboxylic acids is 1. The zero-order valence-corrected chi connectivity index (χ0v) is 11.4. The highest BCUT2D eigenvalue weighted by atomic mass is 16.4. The smallest absolute Gasteiger partial charge is 0.320 e. The topological polar surface area (TPSA) is 133 Å². The van der Waals surface area contributed by atoms with Crippen LogP contribution in [0.2, 0.25) is 0 Å². The molecule has 0 aliphatic rings. The van der Waals surface area contributed by atoms with Crippen molar-refractivity contribution in [3.05, 3.63) is 0 Å². The van der Waals surface area contributed by atoms with E-state index in [9.17, 15) is 14.7 Å². The minimum atomic E-state index is -1.28. The quantitative estimate of drug-likeness (QED) is 0.345. The second-order valence-electron chi connectivity index (χ2n) is 5.28. The Bertz CT molecular complexity index is 306. The van der Waals surface area contributed by atoms with Crippen molar-refractivity contribution < 1.29 is 24.9 Å². The Hall–Kier alpha value is -1.18. The highest BCUT2D eigenvalue weighted by Gasteiger charge is 2.32. The summed E-state index contributed by atoms with van der Waals surface area (Å²) < 4.78 is 0. The van der Waals surface area contributed by atoms with Crippen molar-refractivity contribution in [3.8, 4) is 0 Å². The zero-order chi connectivity index (χ0) is 15.1. The van der Waals surface area contributed by atoms with E-state index in [1.807, 2.05) is 0 Å². The molecule has 0 heterocycles. The largest absolute Gasteiger partial charge is 0.480 e. The van der Waals surface area contributed by atoms with Gasteiger partial charge in [0.25, 0.3) is 0 Å². The van der Waals surface area contributed by atoms with Gasteiger partial charge in [0.05, 0.1) is 6.61 Å². The van der Waals surface area contributed by atoms with Crippen molar-refractivity contribution in [2.24, 2.45) is 11.1 Å². The van der Waals surface area contributed by atoms with Crippen LogP contribution < -0.4 is 11.1 Å². The molecule has 0 saturated heterocycles. The minimum Gasteiger partial charge on any atom is -0.480 e. The summed E-state index contributed by atoms with van der Waals surface area (Å²) in [4.78, 5) is 22.0. The van der Waals surface area contributed by atoms with E-state index in [0.29, 0.717) is 25.8 Å². The van der Waals surface area contributed by atoms with Crippen molar-refractivity contribution >= 4 is 11.9 Å². The molecule has 0 saturated carbocycles. The Kier molecular flexibility index (Phi) is 7.58. The summed E-state index contributed by atoms with van der Waals surface area (Å²) in [6.45, 7) is 3.21. The summed E-state index contributed by atoms with van der Waals surface area (Å²) in [6.07, 6.45) is 0.223. The Labute approximate surface area is 112 Å². The maximum Gasteiger partial charge on any atom is 0.320 e. The standard InChI is InChI=1S/C12H24N2O5/c1-12(2,7-15)9(16)10(17)14-6-4-3-5-8(13)11(18)19/h8-9,15-16H,3-7,13H2,1-2H3,(H,14,17)(H,18,19)/t8-,9+/m0/s1. The average Bonchev–Trinajstić information content (AvgIpc) is 2.36. The molecule has 2 atom stereocenters. The molecule has 7 heteroatoms. The van der Waals surface area contributed by atoms with E-state index in [4.69, 9.17) is 15.9 Å². The number of unbranched alkanes of at least 4 members (excludes halogenated alkanes) is 1. The van der Waals surface area contributed by atoms with Gasteiger partial charge in [0.15, 0.2) is 0 Å². The van der Waals surface area contributed by atoms with Crippen molar-refractivity contribution in [1.82, 2.24) is 5.32 Å². The second-order valence-corrected chi connectivity index (χ2v) is 5.28. The van der Waals surface area contributed by atoms with Gasteiger partial charge in [0.2, 0.25) is 5.91 Å². The van der Waals surface area contributed by atoms with Gasteiger partial charge in [0, 0.05) is 12.0 Å². The van der Waals surface area contributed by atoms with Crippen LogP contribution in [0, 0.1) is 5.41 Å². The predicted octanol–water partition coefficient (Wildman–Crippen LogP) is -0.936. The van der Waals surface area contributed by atoms with Crippen LogP contribution in [0.4, 0.5) is 0 Å².